The van der Waals surface area contributed by atoms with Crippen LogP contribution in [0.3, 0.4) is 0 Å². The van der Waals surface area contributed by atoms with Crippen molar-refractivity contribution in [3.05, 3.63) is 292 Å². The zero-order valence-corrected chi connectivity index (χ0v) is 56.1. The van der Waals surface area contributed by atoms with Crippen LogP contribution in [-0.4, -0.2) is 55.5 Å². The van der Waals surface area contributed by atoms with Crippen LogP contribution in [-0.2, 0) is 30.0 Å². The van der Waals surface area contributed by atoms with Crippen molar-refractivity contribution in [2.75, 3.05) is 0 Å². The summed E-state index contributed by atoms with van der Waals surface area (Å²) in [7, 11) is 11.2. The van der Waals surface area contributed by atoms with E-state index in [1.165, 1.54) is 53.9 Å². The number of benzene rings is 8. The predicted molar refractivity (Wildman–Crippen MR) is 375 cm³/mol. The largest absolute Gasteiger partial charge is 0.0622 e. The summed E-state index contributed by atoms with van der Waals surface area (Å²) < 4.78 is 8.38. The Morgan fingerprint density at radius 3 is 1.16 bits per heavy atom. The molecule has 19 heteroatoms. The molecule has 0 atom stereocenters. The molecule has 0 radical (unpaired) electrons. The van der Waals surface area contributed by atoms with Crippen molar-refractivity contribution in [1.82, 2.24) is 38.3 Å². The Labute approximate surface area is 549 Å². The van der Waals surface area contributed by atoms with E-state index in [1.807, 2.05) is 50.5 Å². The van der Waals surface area contributed by atoms with Gasteiger partial charge in [-0.1, -0.05) is 228 Å². The minimum Gasteiger partial charge on any atom is -0.0622 e. The number of aromatic nitrogens is 8. The summed E-state index contributed by atoms with van der Waals surface area (Å²) in [4.78, 5) is 8.49. The molecule has 0 aliphatic carbocycles. The molecule has 0 aliphatic rings. The number of nitrogens with zero attached hydrogens (tertiary/aromatic N) is 8. The molecule has 440 valence electrons. The maximum Gasteiger partial charge on any atom is -0.0134 e. The van der Waals surface area contributed by atoms with Gasteiger partial charge in [-0.2, -0.15) is 10.2 Å². The fraction of sp³-hybridized carbons (Fsp3) is 0.0588. The third-order valence-electron chi connectivity index (χ3n) is 13.7. The first-order chi connectivity index (χ1) is 42.3. The van der Waals surface area contributed by atoms with Crippen LogP contribution in [0.2, 0.25) is 10.3 Å². The van der Waals surface area contributed by atoms with Gasteiger partial charge >= 0.3 is 42.1 Å². The van der Waals surface area contributed by atoms with Crippen LogP contribution >= 0.6 is 80.7 Å². The third-order valence-corrected chi connectivity index (χ3v) is 19.7. The van der Waals surface area contributed by atoms with E-state index in [0.717, 1.165) is 37.3 Å². The number of hydrogen-bond donors (Lipinski definition) is 2. The number of hydrogen-bond acceptors (Lipinski definition) is 6. The van der Waals surface area contributed by atoms with Crippen LogP contribution in [0.25, 0.3) is 44.5 Å². The Bertz CT molecular complexity index is 4140. The van der Waals surface area contributed by atoms with Gasteiger partial charge in [-0.05, 0) is 150 Å². The van der Waals surface area contributed by atoms with E-state index in [4.69, 9.17) is 52.3 Å². The van der Waals surface area contributed by atoms with Gasteiger partial charge in [-0.25, -0.2) is 19.0 Å². The minimum atomic E-state index is -1.41. The van der Waals surface area contributed by atoms with E-state index in [1.54, 1.807) is 38.0 Å². The SMILES string of the molecule is Cc1ccc2c(c1)cc(-c1cnc3ccc(Cl)nn13)n2C.Cc1ccc2c(c1)cc(B(O)O)n2C.Clc1ccc2ncc(I)n2n1.[Cl][Pd][Cl].c1ccc(P(c2ccccc2)c2ccccc2)cc1.c1ccc(P(c2ccccc2)c2ccccc2)cc1. The first kappa shape index (κ1) is 64.9. The van der Waals surface area contributed by atoms with Crippen LogP contribution in [0.15, 0.2) is 267 Å². The van der Waals surface area contributed by atoms with Crippen LogP contribution in [0.5, 0.6) is 0 Å². The number of rotatable bonds is 8. The first-order valence-electron chi connectivity index (χ1n) is 27.2. The molecule has 87 heavy (non-hydrogen) atoms. The molecule has 6 heterocycles. The van der Waals surface area contributed by atoms with Gasteiger partial charge in [0.1, 0.15) is 19.7 Å². The zero-order chi connectivity index (χ0) is 61.2. The molecular formula is C68H58BCl4IN8O2P2Pd. The van der Waals surface area contributed by atoms with Crippen molar-refractivity contribution in [3.8, 4) is 11.4 Å². The van der Waals surface area contributed by atoms with Crippen molar-refractivity contribution in [2.45, 2.75) is 13.8 Å². The van der Waals surface area contributed by atoms with Crippen LogP contribution in [0.1, 0.15) is 11.1 Å². The van der Waals surface area contributed by atoms with Gasteiger partial charge in [-0.3, -0.25) is 0 Å². The third kappa shape index (κ3) is 17.0. The summed E-state index contributed by atoms with van der Waals surface area (Å²) in [6, 6.07) is 88.2. The molecule has 0 bridgehead atoms. The fourth-order valence-electron chi connectivity index (χ4n) is 9.66. The zero-order valence-electron chi connectivity index (χ0n) is 47.6. The molecule has 8 aromatic carbocycles. The normalized spacial score (nSPS) is 10.8. The Morgan fingerprint density at radius 2 is 0.770 bits per heavy atom. The summed E-state index contributed by atoms with van der Waals surface area (Å²) in [5.41, 5.74) is 8.74. The molecule has 0 fully saturated rings. The second-order valence-corrected chi connectivity index (χ2v) is 28.2. The molecule has 0 unspecified atom stereocenters. The average molecular weight is 1470 g/mol. The number of halogens is 5. The van der Waals surface area contributed by atoms with Gasteiger partial charge in [-0.15, -0.1) is 0 Å². The average Bonchev–Trinajstić information content (AvgIpc) is 2.14. The van der Waals surface area contributed by atoms with Crippen molar-refractivity contribution in [1.29, 1.82) is 0 Å². The van der Waals surface area contributed by atoms with E-state index in [-0.39, 0.29) is 15.9 Å². The second kappa shape index (κ2) is 32.1. The van der Waals surface area contributed by atoms with E-state index in [2.05, 4.69) is 268 Å². The van der Waals surface area contributed by atoms with E-state index in [9.17, 15) is 0 Å². The van der Waals surface area contributed by atoms with E-state index in [0.29, 0.717) is 15.9 Å². The smallest absolute Gasteiger partial charge is 0.0134 e. The Kier molecular flexibility index (Phi) is 24.0. The number of imidazole rings is 2. The number of aryl methyl sites for hydroxylation is 4. The van der Waals surface area contributed by atoms with Crippen molar-refractivity contribution in [2.24, 2.45) is 14.1 Å². The quantitative estimate of drug-likeness (QED) is 0.0891. The van der Waals surface area contributed by atoms with E-state index >= 15 is 0 Å². The molecule has 2 N–H and O–H groups in total. The van der Waals surface area contributed by atoms with Gasteiger partial charge in [0, 0.05) is 36.1 Å². The maximum atomic E-state index is 9.11. The summed E-state index contributed by atoms with van der Waals surface area (Å²) >= 11 is 13.7. The Morgan fingerprint density at radius 1 is 0.425 bits per heavy atom. The van der Waals surface area contributed by atoms with Crippen molar-refractivity contribution >= 4 is 158 Å². The van der Waals surface area contributed by atoms with Crippen molar-refractivity contribution in [3.63, 3.8) is 0 Å². The summed E-state index contributed by atoms with van der Waals surface area (Å²) in [6.07, 6.45) is 3.58. The van der Waals surface area contributed by atoms with Gasteiger partial charge in [0.05, 0.1) is 18.1 Å². The summed E-state index contributed by atoms with van der Waals surface area (Å²) in [6.45, 7) is 4.11. The van der Waals surface area contributed by atoms with Gasteiger partial charge < -0.3 is 19.2 Å². The maximum absolute atomic E-state index is 9.11. The van der Waals surface area contributed by atoms with Crippen LogP contribution in [0, 0.1) is 17.5 Å². The standard InChI is InChI=1S/2C18H15P.C16H13ClN4.C10H12BNO2.C6H3ClIN3.2ClH.Pd/c2*1-4-10-16(11-5-1)19(17-12-6-2-7-13-17)18-14-8-3-9-15-18;1-10-3-4-12-11(7-10)8-13(20(12)2)14-9-18-16-6-5-15(17)19-21(14)16;1-7-3-4-9-8(5-7)6-10(11(13)14)12(9)2;7-4-1-2-6-9-3-5(8)11(6)10-4;;;/h2*1-15H;3-9H,1-2H3;3-6,13-14H,1-2H3;1-3H;2*1H;/q;;;;;;;+2/p-2. The molecule has 14 aromatic rings. The molecule has 0 amide bonds. The summed E-state index contributed by atoms with van der Waals surface area (Å²) in [5.74, 6) is 0. The monoisotopic (exact) mass is 1460 g/mol. The molecule has 14 rings (SSSR count). The Balaban J connectivity index is 0.000000130. The molecular weight excluding hydrogens is 1410 g/mol. The van der Waals surface area contributed by atoms with Crippen LogP contribution in [0.4, 0.5) is 0 Å². The molecule has 10 nitrogen and oxygen atoms in total. The van der Waals surface area contributed by atoms with Gasteiger partial charge in [0.2, 0.25) is 0 Å². The molecule has 0 aliphatic heterocycles. The van der Waals surface area contributed by atoms with Crippen LogP contribution < -0.4 is 37.4 Å². The van der Waals surface area contributed by atoms with Gasteiger partial charge in [0.25, 0.3) is 0 Å². The summed E-state index contributed by atoms with van der Waals surface area (Å²) in [5, 5.41) is 38.2. The fourth-order valence-corrected chi connectivity index (χ4v) is 15.0. The molecule has 6 aromatic heterocycles. The molecule has 0 saturated carbocycles. The van der Waals surface area contributed by atoms with Crippen molar-refractivity contribution < 1.29 is 26.0 Å². The number of fused-ring (bicyclic) bond motifs is 4. The van der Waals surface area contributed by atoms with Gasteiger partial charge in [0.15, 0.2) is 11.3 Å². The molecule has 0 saturated heterocycles. The van der Waals surface area contributed by atoms with E-state index < -0.39 is 23.0 Å². The second-order valence-electron chi connectivity index (χ2n) is 19.5. The topological polar surface area (TPSA) is 111 Å². The molecule has 0 spiro atoms. The predicted octanol–water partition coefficient (Wildman–Crippen LogP) is 14.3. The Hall–Kier alpha value is -6.52. The first-order valence-corrected chi connectivity index (χ1v) is 35.7. The minimum absolute atomic E-state index is 0.106.